The van der Waals surface area contributed by atoms with Gasteiger partial charge < -0.3 is 10.6 Å². The van der Waals surface area contributed by atoms with Gasteiger partial charge in [0.2, 0.25) is 0 Å². The first-order chi connectivity index (χ1) is 7.68. The molecule has 1 saturated carbocycles. The topological polar surface area (TPSA) is 29.3 Å². The molecule has 3 atom stereocenters. The molecule has 0 spiro atoms. The molecule has 16 heavy (non-hydrogen) atoms. The van der Waals surface area contributed by atoms with Crippen LogP contribution in [0.5, 0.6) is 0 Å². The zero-order valence-electron chi connectivity index (χ0n) is 10.1. The molecule has 1 aliphatic heterocycles. The fraction of sp³-hybridized carbons (Fsp3) is 0.571. The molecule has 1 aromatic rings. The van der Waals surface area contributed by atoms with Crippen molar-refractivity contribution in [3.05, 3.63) is 29.3 Å². The second kappa shape index (κ2) is 3.49. The van der Waals surface area contributed by atoms with E-state index < -0.39 is 0 Å². The van der Waals surface area contributed by atoms with E-state index in [1.165, 1.54) is 36.1 Å². The van der Waals surface area contributed by atoms with Crippen molar-refractivity contribution < 1.29 is 0 Å². The summed E-state index contributed by atoms with van der Waals surface area (Å²) in [5.74, 6) is 0.667. The van der Waals surface area contributed by atoms with Gasteiger partial charge in [0.1, 0.15) is 0 Å². The lowest BCUT2D eigenvalue weighted by Gasteiger charge is -2.42. The highest BCUT2D eigenvalue weighted by atomic mass is 15.2. The lowest BCUT2D eigenvalue weighted by molar-refractivity contribution is 0.370. The van der Waals surface area contributed by atoms with Crippen LogP contribution < -0.4 is 10.6 Å². The van der Waals surface area contributed by atoms with E-state index in [-0.39, 0.29) is 6.04 Å². The zero-order chi connectivity index (χ0) is 11.3. The van der Waals surface area contributed by atoms with Crippen molar-refractivity contribution in [2.45, 2.75) is 38.3 Å². The van der Waals surface area contributed by atoms with E-state index in [0.717, 1.165) is 0 Å². The average Bonchev–Trinajstić information content (AvgIpc) is 2.75. The van der Waals surface area contributed by atoms with Crippen LogP contribution in [0.2, 0.25) is 0 Å². The molecule has 0 bridgehead atoms. The van der Waals surface area contributed by atoms with Crippen LogP contribution in [0.3, 0.4) is 0 Å². The minimum atomic E-state index is 0.249. The highest BCUT2D eigenvalue weighted by molar-refractivity contribution is 5.59. The first-order valence-electron chi connectivity index (χ1n) is 6.27. The molecule has 0 saturated heterocycles. The fourth-order valence-corrected chi connectivity index (χ4v) is 3.52. The minimum Gasteiger partial charge on any atom is -0.371 e. The third kappa shape index (κ3) is 1.29. The van der Waals surface area contributed by atoms with Crippen LogP contribution in [0.15, 0.2) is 18.2 Å². The largest absolute Gasteiger partial charge is 0.371 e. The van der Waals surface area contributed by atoms with Gasteiger partial charge in [-0.05, 0) is 42.9 Å². The van der Waals surface area contributed by atoms with Gasteiger partial charge in [0, 0.05) is 24.8 Å². The first kappa shape index (κ1) is 10.2. The highest BCUT2D eigenvalue weighted by Crippen LogP contribution is 2.45. The normalized spacial score (nSPS) is 32.4. The summed E-state index contributed by atoms with van der Waals surface area (Å²) in [4.78, 5) is 2.46. The average molecular weight is 216 g/mol. The van der Waals surface area contributed by atoms with Crippen molar-refractivity contribution in [3.8, 4) is 0 Å². The summed E-state index contributed by atoms with van der Waals surface area (Å²) in [5.41, 5.74) is 10.4. The van der Waals surface area contributed by atoms with Gasteiger partial charge in [0.05, 0.1) is 0 Å². The minimum absolute atomic E-state index is 0.249. The van der Waals surface area contributed by atoms with Gasteiger partial charge in [0.15, 0.2) is 0 Å². The molecule has 86 valence electrons. The van der Waals surface area contributed by atoms with Crippen molar-refractivity contribution in [2.75, 3.05) is 11.9 Å². The van der Waals surface area contributed by atoms with Crippen LogP contribution in [-0.2, 0) is 0 Å². The molecular weight excluding hydrogens is 196 g/mol. The van der Waals surface area contributed by atoms with E-state index in [4.69, 9.17) is 5.73 Å². The van der Waals surface area contributed by atoms with Crippen LogP contribution >= 0.6 is 0 Å². The second-order valence-corrected chi connectivity index (χ2v) is 5.36. The molecule has 1 fully saturated rings. The van der Waals surface area contributed by atoms with Gasteiger partial charge in [-0.2, -0.15) is 0 Å². The van der Waals surface area contributed by atoms with E-state index in [1.54, 1.807) is 0 Å². The lowest BCUT2D eigenvalue weighted by Crippen LogP contribution is -2.44. The third-order valence-corrected chi connectivity index (χ3v) is 4.42. The van der Waals surface area contributed by atoms with Crippen LogP contribution in [0.4, 0.5) is 5.69 Å². The molecular formula is C14H20N2. The van der Waals surface area contributed by atoms with Crippen molar-refractivity contribution >= 4 is 5.69 Å². The Morgan fingerprint density at radius 1 is 1.31 bits per heavy atom. The van der Waals surface area contributed by atoms with Crippen molar-refractivity contribution in [1.29, 1.82) is 0 Å². The van der Waals surface area contributed by atoms with Crippen LogP contribution in [0.25, 0.3) is 0 Å². The predicted octanol–water partition coefficient (Wildman–Crippen LogP) is 2.61. The van der Waals surface area contributed by atoms with E-state index in [2.05, 4.69) is 37.1 Å². The van der Waals surface area contributed by atoms with Crippen molar-refractivity contribution in [2.24, 2.45) is 11.7 Å². The Bertz CT molecular complexity index is 413. The summed E-state index contributed by atoms with van der Waals surface area (Å²) in [7, 11) is 2.23. The molecule has 0 amide bonds. The maximum Gasteiger partial charge on any atom is 0.0417 e. The maximum atomic E-state index is 6.42. The van der Waals surface area contributed by atoms with Gasteiger partial charge in [-0.3, -0.25) is 0 Å². The number of benzene rings is 1. The van der Waals surface area contributed by atoms with Gasteiger partial charge in [-0.25, -0.2) is 0 Å². The number of nitrogens with two attached hydrogens (primary N) is 1. The number of nitrogens with zero attached hydrogens (tertiary/aromatic N) is 1. The Hall–Kier alpha value is -1.02. The quantitative estimate of drug-likeness (QED) is 0.722. The molecule has 2 N–H and O–H groups in total. The highest BCUT2D eigenvalue weighted by Gasteiger charge is 2.40. The van der Waals surface area contributed by atoms with Crippen molar-refractivity contribution in [1.82, 2.24) is 0 Å². The molecule has 2 heteroatoms. The third-order valence-electron chi connectivity index (χ3n) is 4.42. The summed E-state index contributed by atoms with van der Waals surface area (Å²) in [6.07, 6.45) is 3.94. The SMILES string of the molecule is Cc1ccc2c(c1)N(C)C1CCCC1C2N. The van der Waals surface area contributed by atoms with Crippen LogP contribution in [0, 0.1) is 12.8 Å². The lowest BCUT2D eigenvalue weighted by atomic mass is 9.83. The Kier molecular flexibility index (Phi) is 2.21. The van der Waals surface area contributed by atoms with E-state index in [0.29, 0.717) is 12.0 Å². The molecule has 1 aliphatic carbocycles. The smallest absolute Gasteiger partial charge is 0.0417 e. The molecule has 0 radical (unpaired) electrons. The van der Waals surface area contributed by atoms with E-state index in [1.807, 2.05) is 0 Å². The monoisotopic (exact) mass is 216 g/mol. The van der Waals surface area contributed by atoms with Gasteiger partial charge in [-0.15, -0.1) is 0 Å². The van der Waals surface area contributed by atoms with Crippen LogP contribution in [0.1, 0.15) is 36.4 Å². The number of rotatable bonds is 0. The number of hydrogen-bond acceptors (Lipinski definition) is 2. The second-order valence-electron chi connectivity index (χ2n) is 5.36. The van der Waals surface area contributed by atoms with E-state index >= 15 is 0 Å². The molecule has 2 nitrogen and oxygen atoms in total. The van der Waals surface area contributed by atoms with Gasteiger partial charge in [0.25, 0.3) is 0 Å². The van der Waals surface area contributed by atoms with Gasteiger partial charge in [-0.1, -0.05) is 18.6 Å². The molecule has 1 heterocycles. The van der Waals surface area contributed by atoms with Crippen molar-refractivity contribution in [3.63, 3.8) is 0 Å². The summed E-state index contributed by atoms with van der Waals surface area (Å²) < 4.78 is 0. The predicted molar refractivity (Wildman–Crippen MR) is 67.6 cm³/mol. The number of aryl methyl sites for hydroxylation is 1. The number of hydrogen-bond donors (Lipinski definition) is 1. The summed E-state index contributed by atoms with van der Waals surface area (Å²) in [6, 6.07) is 7.61. The van der Waals surface area contributed by atoms with Crippen LogP contribution in [-0.4, -0.2) is 13.1 Å². The first-order valence-corrected chi connectivity index (χ1v) is 6.27. The maximum absolute atomic E-state index is 6.42. The zero-order valence-corrected chi connectivity index (χ0v) is 10.1. The van der Waals surface area contributed by atoms with Gasteiger partial charge >= 0.3 is 0 Å². The summed E-state index contributed by atoms with van der Waals surface area (Å²) in [6.45, 7) is 2.15. The summed E-state index contributed by atoms with van der Waals surface area (Å²) >= 11 is 0. The molecule has 0 aromatic heterocycles. The Morgan fingerprint density at radius 3 is 2.94 bits per heavy atom. The Morgan fingerprint density at radius 2 is 2.12 bits per heavy atom. The van der Waals surface area contributed by atoms with E-state index in [9.17, 15) is 0 Å². The summed E-state index contributed by atoms with van der Waals surface area (Å²) in [5, 5.41) is 0. The molecule has 3 rings (SSSR count). The molecule has 1 aromatic carbocycles. The Labute approximate surface area is 97.4 Å². The standard InChI is InChI=1S/C14H20N2/c1-9-6-7-11-13(8-9)16(2)12-5-3-4-10(12)14(11)15/h6-8,10,12,14H,3-5,15H2,1-2H3. The number of anilines is 1. The molecule has 2 aliphatic rings. The fourth-order valence-electron chi connectivity index (χ4n) is 3.52. The molecule has 3 unspecified atom stereocenters. The number of fused-ring (bicyclic) bond motifs is 2. The Balaban J connectivity index is 2.11.